The predicted octanol–water partition coefficient (Wildman–Crippen LogP) is 7.83. The molecule has 0 aliphatic heterocycles. The average molecular weight is 494 g/mol. The number of nitrogens with zero attached hydrogens (tertiary/aromatic N) is 3. The second-order valence-electron chi connectivity index (χ2n) is 10.1. The largest absolute Gasteiger partial charge is 0.426 e. The Morgan fingerprint density at radius 2 is 1.58 bits per heavy atom. The van der Waals surface area contributed by atoms with Crippen molar-refractivity contribution < 1.29 is 13.9 Å². The molecular weight excluding hydrogens is 453 g/mol. The standard InChI is InChI=1S/C30H40FN3O2/c1-2-3-4-5-6-7-8-9-10-11-12-23-21-33-29(34-22-23)24-13-15-25(16-14-24)30(35)36-27-18-17-26(20-32)28(31)19-27/h17-19,21-22,24-25H,2-16H2,1H3. The van der Waals surface area contributed by atoms with Gasteiger partial charge in [-0.2, -0.15) is 5.26 Å². The van der Waals surface area contributed by atoms with Crippen molar-refractivity contribution in [1.29, 1.82) is 5.26 Å². The SMILES string of the molecule is CCCCCCCCCCCCc1cnc(C2CCC(C(=O)Oc3ccc(C#N)c(F)c3)CC2)nc1. The van der Waals surface area contributed by atoms with Gasteiger partial charge >= 0.3 is 5.97 Å². The Hall–Kier alpha value is -2.81. The Morgan fingerprint density at radius 1 is 0.972 bits per heavy atom. The van der Waals surface area contributed by atoms with Crippen LogP contribution in [0, 0.1) is 23.1 Å². The number of rotatable bonds is 14. The number of carbonyl (C=O) groups is 1. The Kier molecular flexibility index (Phi) is 11.8. The molecule has 5 nitrogen and oxygen atoms in total. The zero-order valence-electron chi connectivity index (χ0n) is 21.7. The quantitative estimate of drug-likeness (QED) is 0.152. The van der Waals surface area contributed by atoms with Crippen molar-refractivity contribution in [2.75, 3.05) is 0 Å². The first-order chi connectivity index (χ1) is 17.6. The van der Waals surface area contributed by atoms with Crippen molar-refractivity contribution in [2.45, 2.75) is 109 Å². The van der Waals surface area contributed by atoms with Gasteiger partial charge in [-0.25, -0.2) is 14.4 Å². The maximum atomic E-state index is 13.8. The van der Waals surface area contributed by atoms with Crippen LogP contribution in [-0.2, 0) is 11.2 Å². The van der Waals surface area contributed by atoms with E-state index in [1.165, 1.54) is 81.9 Å². The first-order valence-corrected chi connectivity index (χ1v) is 13.8. The van der Waals surface area contributed by atoms with E-state index in [2.05, 4.69) is 16.9 Å². The van der Waals surface area contributed by atoms with Gasteiger partial charge in [-0.1, -0.05) is 64.7 Å². The number of benzene rings is 1. The third kappa shape index (κ3) is 9.00. The molecule has 0 bridgehead atoms. The molecule has 1 aromatic heterocycles. The summed E-state index contributed by atoms with van der Waals surface area (Å²) in [5.41, 5.74) is 1.13. The Balaban J connectivity index is 1.32. The monoisotopic (exact) mass is 493 g/mol. The fourth-order valence-corrected chi connectivity index (χ4v) is 4.96. The summed E-state index contributed by atoms with van der Waals surface area (Å²) in [5, 5.41) is 8.82. The summed E-state index contributed by atoms with van der Waals surface area (Å²) < 4.78 is 19.1. The smallest absolute Gasteiger partial charge is 0.314 e. The van der Waals surface area contributed by atoms with Crippen LogP contribution in [0.5, 0.6) is 5.75 Å². The van der Waals surface area contributed by atoms with E-state index < -0.39 is 5.82 Å². The Morgan fingerprint density at radius 3 is 2.17 bits per heavy atom. The van der Waals surface area contributed by atoms with Crippen LogP contribution in [0.3, 0.4) is 0 Å². The third-order valence-corrected chi connectivity index (χ3v) is 7.25. The first-order valence-electron chi connectivity index (χ1n) is 13.8. The van der Waals surface area contributed by atoms with E-state index in [4.69, 9.17) is 10.00 Å². The summed E-state index contributed by atoms with van der Waals surface area (Å²) >= 11 is 0. The normalized spacial score (nSPS) is 17.5. The number of carbonyl (C=O) groups excluding carboxylic acids is 1. The lowest BCUT2D eigenvalue weighted by molar-refractivity contribution is -0.140. The van der Waals surface area contributed by atoms with E-state index in [9.17, 15) is 9.18 Å². The van der Waals surface area contributed by atoms with Gasteiger partial charge in [-0.15, -0.1) is 0 Å². The van der Waals surface area contributed by atoms with Gasteiger partial charge in [0, 0.05) is 24.4 Å². The fourth-order valence-electron chi connectivity index (χ4n) is 4.96. The van der Waals surface area contributed by atoms with Gasteiger partial charge in [0.1, 0.15) is 23.5 Å². The number of halogens is 1. The molecule has 0 N–H and O–H groups in total. The lowest BCUT2D eigenvalue weighted by atomic mass is 9.81. The molecule has 1 aromatic carbocycles. The van der Waals surface area contributed by atoms with Gasteiger partial charge < -0.3 is 4.74 Å². The number of hydrogen-bond donors (Lipinski definition) is 0. The van der Waals surface area contributed by atoms with Gasteiger partial charge in [-0.3, -0.25) is 4.79 Å². The highest BCUT2D eigenvalue weighted by atomic mass is 19.1. The molecule has 6 heteroatoms. The van der Waals surface area contributed by atoms with E-state index in [0.29, 0.717) is 12.8 Å². The number of aromatic nitrogens is 2. The van der Waals surface area contributed by atoms with Crippen molar-refractivity contribution in [3.8, 4) is 11.8 Å². The highest BCUT2D eigenvalue weighted by molar-refractivity contribution is 5.75. The molecule has 3 rings (SSSR count). The fraction of sp³-hybridized carbons (Fsp3) is 0.600. The van der Waals surface area contributed by atoms with E-state index in [-0.39, 0.29) is 29.1 Å². The number of unbranched alkanes of at least 4 members (excludes halogenated alkanes) is 9. The zero-order chi connectivity index (χ0) is 25.6. The predicted molar refractivity (Wildman–Crippen MR) is 139 cm³/mol. The molecule has 1 aliphatic carbocycles. The molecule has 1 saturated carbocycles. The lowest BCUT2D eigenvalue weighted by Gasteiger charge is -2.26. The van der Waals surface area contributed by atoms with E-state index in [1.54, 1.807) is 6.07 Å². The number of esters is 1. The minimum atomic E-state index is -0.680. The summed E-state index contributed by atoms with van der Waals surface area (Å²) in [7, 11) is 0. The van der Waals surface area contributed by atoms with Crippen molar-refractivity contribution in [3.63, 3.8) is 0 Å². The minimum Gasteiger partial charge on any atom is -0.426 e. The average Bonchev–Trinajstić information content (AvgIpc) is 2.90. The van der Waals surface area contributed by atoms with Gasteiger partial charge in [0.2, 0.25) is 0 Å². The van der Waals surface area contributed by atoms with Crippen LogP contribution >= 0.6 is 0 Å². The van der Waals surface area contributed by atoms with E-state index >= 15 is 0 Å². The molecule has 1 aliphatic rings. The van der Waals surface area contributed by atoms with Crippen LogP contribution in [0.25, 0.3) is 0 Å². The number of hydrogen-bond acceptors (Lipinski definition) is 5. The second kappa shape index (κ2) is 15.3. The molecular formula is C30H40FN3O2. The van der Waals surface area contributed by atoms with Gasteiger partial charge in [0.15, 0.2) is 0 Å². The maximum absolute atomic E-state index is 13.8. The second-order valence-corrected chi connectivity index (χ2v) is 10.1. The van der Waals surface area contributed by atoms with Crippen LogP contribution in [0.1, 0.15) is 120 Å². The highest BCUT2D eigenvalue weighted by Gasteiger charge is 2.29. The molecule has 0 atom stereocenters. The first kappa shape index (κ1) is 27.8. The van der Waals surface area contributed by atoms with Crippen LogP contribution in [0.4, 0.5) is 4.39 Å². The van der Waals surface area contributed by atoms with Crippen LogP contribution in [0.15, 0.2) is 30.6 Å². The van der Waals surface area contributed by atoms with Crippen molar-refractivity contribution in [2.24, 2.45) is 5.92 Å². The molecule has 0 spiro atoms. The van der Waals surface area contributed by atoms with Crippen LogP contribution < -0.4 is 4.74 Å². The van der Waals surface area contributed by atoms with Crippen molar-refractivity contribution in [1.82, 2.24) is 9.97 Å². The molecule has 0 unspecified atom stereocenters. The summed E-state index contributed by atoms with van der Waals surface area (Å²) in [6.07, 6.45) is 21.4. The van der Waals surface area contributed by atoms with Crippen LogP contribution in [0.2, 0.25) is 0 Å². The molecule has 194 valence electrons. The molecule has 0 radical (unpaired) electrons. The molecule has 0 saturated heterocycles. The molecule has 1 fully saturated rings. The third-order valence-electron chi connectivity index (χ3n) is 7.25. The summed E-state index contributed by atoms with van der Waals surface area (Å²) in [6.45, 7) is 2.26. The number of nitriles is 1. The maximum Gasteiger partial charge on any atom is 0.314 e. The molecule has 2 aromatic rings. The molecule has 0 amide bonds. The lowest BCUT2D eigenvalue weighted by Crippen LogP contribution is -2.25. The summed E-state index contributed by atoms with van der Waals surface area (Å²) in [6, 6.07) is 5.63. The molecule has 1 heterocycles. The number of aryl methyl sites for hydroxylation is 1. The summed E-state index contributed by atoms with van der Waals surface area (Å²) in [5.74, 6) is 0.0247. The van der Waals surface area contributed by atoms with Gasteiger partial charge in [0.05, 0.1) is 11.5 Å². The number of ether oxygens (including phenoxy) is 1. The van der Waals surface area contributed by atoms with Gasteiger partial charge in [-0.05, 0) is 56.2 Å². The highest BCUT2D eigenvalue weighted by Crippen LogP contribution is 2.35. The zero-order valence-corrected chi connectivity index (χ0v) is 21.7. The van der Waals surface area contributed by atoms with E-state index in [0.717, 1.165) is 31.2 Å². The topological polar surface area (TPSA) is 75.9 Å². The van der Waals surface area contributed by atoms with Crippen molar-refractivity contribution >= 4 is 5.97 Å². The molecule has 36 heavy (non-hydrogen) atoms. The van der Waals surface area contributed by atoms with Crippen LogP contribution in [-0.4, -0.2) is 15.9 Å². The van der Waals surface area contributed by atoms with Gasteiger partial charge in [0.25, 0.3) is 0 Å². The summed E-state index contributed by atoms with van der Waals surface area (Å²) in [4.78, 5) is 21.8. The Bertz CT molecular complexity index is 979. The minimum absolute atomic E-state index is 0.0650. The van der Waals surface area contributed by atoms with E-state index in [1.807, 2.05) is 12.4 Å². The van der Waals surface area contributed by atoms with Crippen molar-refractivity contribution in [3.05, 3.63) is 53.4 Å². The Labute approximate surface area is 215 Å².